The first-order chi connectivity index (χ1) is 16.6. The molecule has 0 saturated heterocycles. The summed E-state index contributed by atoms with van der Waals surface area (Å²) in [7, 11) is 3.39. The predicted molar refractivity (Wildman–Crippen MR) is 141 cm³/mol. The van der Waals surface area contributed by atoms with Crippen LogP contribution in [0.1, 0.15) is 41.5 Å². The summed E-state index contributed by atoms with van der Waals surface area (Å²) in [6.07, 6.45) is 5.43. The molecule has 0 spiro atoms. The molecule has 3 aromatic rings. The van der Waals surface area contributed by atoms with E-state index in [-0.39, 0.29) is 5.92 Å². The molecule has 172 valence electrons. The number of allylic oxidation sites excluding steroid dienone is 1. The van der Waals surface area contributed by atoms with Crippen molar-refractivity contribution in [1.82, 2.24) is 0 Å². The van der Waals surface area contributed by atoms with Crippen molar-refractivity contribution in [3.8, 4) is 11.5 Å². The largest absolute Gasteiger partial charge is 0.497 e. The number of aliphatic imine (C=N–C) groups is 2. The van der Waals surface area contributed by atoms with Gasteiger partial charge < -0.3 is 9.47 Å². The average Bonchev–Trinajstić information content (AvgIpc) is 3.02. The van der Waals surface area contributed by atoms with E-state index in [4.69, 9.17) is 19.5 Å². The molecule has 1 fully saturated rings. The third-order valence-electron chi connectivity index (χ3n) is 6.84. The SMILES string of the molecule is COc1ccc(/C=C2\CCCC3C2=Nc2cc(C)c(C)cc2N=C3c2ccc(OC)cc2)cc1. The molecule has 0 bridgehead atoms. The second-order valence-corrected chi connectivity index (χ2v) is 9.04. The lowest BCUT2D eigenvalue weighted by Crippen LogP contribution is -2.29. The van der Waals surface area contributed by atoms with Gasteiger partial charge in [0.15, 0.2) is 0 Å². The Hall–Kier alpha value is -3.66. The summed E-state index contributed by atoms with van der Waals surface area (Å²) in [5.74, 6) is 1.87. The summed E-state index contributed by atoms with van der Waals surface area (Å²) in [6, 6.07) is 20.8. The molecule has 0 radical (unpaired) electrons. The third kappa shape index (κ3) is 4.28. The van der Waals surface area contributed by atoms with E-state index in [1.165, 1.54) is 16.7 Å². The fraction of sp³-hybridized carbons (Fsp3) is 0.267. The molecule has 4 heteroatoms. The van der Waals surface area contributed by atoms with Crippen molar-refractivity contribution in [3.05, 3.63) is 88.5 Å². The smallest absolute Gasteiger partial charge is 0.118 e. The highest BCUT2D eigenvalue weighted by Gasteiger charge is 2.32. The van der Waals surface area contributed by atoms with Gasteiger partial charge in [-0.1, -0.05) is 12.1 Å². The molecule has 0 amide bonds. The van der Waals surface area contributed by atoms with E-state index in [1.54, 1.807) is 14.2 Å². The van der Waals surface area contributed by atoms with Crippen molar-refractivity contribution in [3.63, 3.8) is 0 Å². The van der Waals surface area contributed by atoms with Gasteiger partial charge in [-0.25, -0.2) is 4.99 Å². The first-order valence-electron chi connectivity index (χ1n) is 11.8. The van der Waals surface area contributed by atoms with Crippen molar-refractivity contribution in [2.45, 2.75) is 33.1 Å². The number of hydrogen-bond donors (Lipinski definition) is 0. The minimum atomic E-state index is 0.152. The Morgan fingerprint density at radius 3 is 1.91 bits per heavy atom. The highest BCUT2D eigenvalue weighted by Crippen LogP contribution is 2.41. The van der Waals surface area contributed by atoms with Gasteiger partial charge >= 0.3 is 0 Å². The molecule has 1 atom stereocenters. The number of fused-ring (bicyclic) bond motifs is 2. The van der Waals surface area contributed by atoms with Gasteiger partial charge in [0.05, 0.1) is 37.0 Å². The van der Waals surface area contributed by atoms with Gasteiger partial charge in [-0.05, 0) is 116 Å². The Labute approximate surface area is 201 Å². The molecule has 1 unspecified atom stereocenters. The first kappa shape index (κ1) is 22.1. The van der Waals surface area contributed by atoms with Crippen LogP contribution in [-0.4, -0.2) is 25.6 Å². The maximum Gasteiger partial charge on any atom is 0.118 e. The van der Waals surface area contributed by atoms with Crippen LogP contribution in [0, 0.1) is 19.8 Å². The summed E-state index contributed by atoms with van der Waals surface area (Å²) in [4.78, 5) is 10.5. The number of ether oxygens (including phenoxy) is 2. The lowest BCUT2D eigenvalue weighted by Gasteiger charge is -2.27. The molecule has 5 rings (SSSR count). The van der Waals surface area contributed by atoms with E-state index < -0.39 is 0 Å². The Kier molecular flexibility index (Phi) is 6.06. The van der Waals surface area contributed by atoms with Gasteiger partial charge in [0.2, 0.25) is 0 Å². The van der Waals surface area contributed by atoms with Gasteiger partial charge in [-0.15, -0.1) is 0 Å². The number of rotatable bonds is 4. The van der Waals surface area contributed by atoms with E-state index in [0.29, 0.717) is 0 Å². The van der Waals surface area contributed by atoms with E-state index >= 15 is 0 Å². The zero-order valence-corrected chi connectivity index (χ0v) is 20.3. The Balaban J connectivity index is 1.66. The van der Waals surface area contributed by atoms with Crippen LogP contribution in [0.25, 0.3) is 6.08 Å². The molecule has 0 aromatic heterocycles. The second-order valence-electron chi connectivity index (χ2n) is 9.04. The number of methoxy groups -OCH3 is 2. The summed E-state index contributed by atoms with van der Waals surface area (Å²) in [5.41, 5.74) is 10.2. The molecule has 1 aliphatic carbocycles. The van der Waals surface area contributed by atoms with Crippen molar-refractivity contribution in [2.24, 2.45) is 15.9 Å². The molecule has 0 N–H and O–H groups in total. The van der Waals surface area contributed by atoms with Gasteiger partial charge in [0.25, 0.3) is 0 Å². The molecule has 1 heterocycles. The van der Waals surface area contributed by atoms with Crippen LogP contribution in [0.3, 0.4) is 0 Å². The minimum absolute atomic E-state index is 0.152. The Bertz CT molecular complexity index is 1300. The molecule has 1 aliphatic heterocycles. The van der Waals surface area contributed by atoms with Crippen LogP contribution in [0.4, 0.5) is 11.4 Å². The normalized spacial score (nSPS) is 18.4. The summed E-state index contributed by atoms with van der Waals surface area (Å²) in [6.45, 7) is 4.28. The van der Waals surface area contributed by atoms with Crippen LogP contribution in [0.2, 0.25) is 0 Å². The summed E-state index contributed by atoms with van der Waals surface area (Å²) >= 11 is 0. The maximum absolute atomic E-state index is 5.39. The Morgan fingerprint density at radius 2 is 1.32 bits per heavy atom. The van der Waals surface area contributed by atoms with Crippen LogP contribution >= 0.6 is 0 Å². The van der Waals surface area contributed by atoms with E-state index in [1.807, 2.05) is 24.3 Å². The van der Waals surface area contributed by atoms with Crippen molar-refractivity contribution in [1.29, 1.82) is 0 Å². The van der Waals surface area contributed by atoms with Gasteiger partial charge in [-0.3, -0.25) is 4.99 Å². The number of nitrogens with zero attached hydrogens (tertiary/aromatic N) is 2. The van der Waals surface area contributed by atoms with Gasteiger partial charge in [0.1, 0.15) is 11.5 Å². The van der Waals surface area contributed by atoms with Gasteiger partial charge in [0, 0.05) is 5.92 Å². The number of aryl methyl sites for hydroxylation is 2. The molecule has 1 saturated carbocycles. The molecule has 4 nitrogen and oxygen atoms in total. The topological polar surface area (TPSA) is 43.2 Å². The highest BCUT2D eigenvalue weighted by atomic mass is 16.5. The van der Waals surface area contributed by atoms with Crippen LogP contribution in [0.5, 0.6) is 11.5 Å². The fourth-order valence-electron chi connectivity index (χ4n) is 4.78. The summed E-state index contributed by atoms with van der Waals surface area (Å²) < 4.78 is 10.7. The van der Waals surface area contributed by atoms with Crippen molar-refractivity contribution in [2.75, 3.05) is 14.2 Å². The van der Waals surface area contributed by atoms with Crippen LogP contribution < -0.4 is 9.47 Å². The lowest BCUT2D eigenvalue weighted by atomic mass is 9.78. The van der Waals surface area contributed by atoms with E-state index in [2.05, 4.69) is 56.3 Å². The fourth-order valence-corrected chi connectivity index (χ4v) is 4.78. The van der Waals surface area contributed by atoms with Crippen molar-refractivity contribution >= 4 is 28.9 Å². The average molecular weight is 451 g/mol. The van der Waals surface area contributed by atoms with Gasteiger partial charge in [-0.2, -0.15) is 0 Å². The zero-order chi connectivity index (χ0) is 23.7. The molecular weight excluding hydrogens is 420 g/mol. The van der Waals surface area contributed by atoms with Crippen molar-refractivity contribution < 1.29 is 9.47 Å². The Morgan fingerprint density at radius 1 is 0.765 bits per heavy atom. The maximum atomic E-state index is 5.39. The zero-order valence-electron chi connectivity index (χ0n) is 20.3. The molecule has 2 aliphatic rings. The minimum Gasteiger partial charge on any atom is -0.497 e. The second kappa shape index (κ2) is 9.30. The van der Waals surface area contributed by atoms with Crippen LogP contribution in [0.15, 0.2) is 76.2 Å². The number of benzene rings is 3. The molecule has 3 aromatic carbocycles. The standard InChI is InChI=1S/C30H30N2O2/c1-19-16-27-28(17-20(19)2)32-30-23(18-21-8-12-24(33-3)13-9-21)6-5-7-26(30)29(31-27)22-10-14-25(34-4)15-11-22/h8-18,26H,5-7H2,1-4H3/b23-18+. The predicted octanol–water partition coefficient (Wildman–Crippen LogP) is 7.41. The first-order valence-corrected chi connectivity index (χ1v) is 11.8. The third-order valence-corrected chi connectivity index (χ3v) is 6.84. The lowest BCUT2D eigenvalue weighted by molar-refractivity contribution is 0.414. The van der Waals surface area contributed by atoms with E-state index in [9.17, 15) is 0 Å². The quantitative estimate of drug-likeness (QED) is 0.415. The monoisotopic (exact) mass is 450 g/mol. The van der Waals surface area contributed by atoms with Crippen LogP contribution in [-0.2, 0) is 0 Å². The molecule has 34 heavy (non-hydrogen) atoms. The highest BCUT2D eigenvalue weighted by molar-refractivity contribution is 6.24. The molecular formula is C30H30N2O2. The summed E-state index contributed by atoms with van der Waals surface area (Å²) in [5, 5.41) is 0. The van der Waals surface area contributed by atoms with E-state index in [0.717, 1.165) is 64.7 Å². The number of hydrogen-bond acceptors (Lipinski definition) is 4.